The highest BCUT2D eigenvalue weighted by Crippen LogP contribution is 2.21. The molecule has 2 aromatic rings. The molecule has 0 spiro atoms. The second-order valence-corrected chi connectivity index (χ2v) is 4.11. The molecule has 18 heavy (non-hydrogen) atoms. The molecule has 0 bridgehead atoms. The highest BCUT2D eigenvalue weighted by Gasteiger charge is 2.20. The van der Waals surface area contributed by atoms with Crippen LogP contribution in [0.4, 0.5) is 5.82 Å². The molecule has 1 aliphatic rings. The fraction of sp³-hybridized carbons (Fsp3) is 0.154. The number of aliphatic imine (C=N–C) groups is 1. The van der Waals surface area contributed by atoms with E-state index in [-0.39, 0.29) is 5.91 Å². The van der Waals surface area contributed by atoms with Crippen LogP contribution in [0.5, 0.6) is 0 Å². The molecule has 5 heteroatoms. The molecule has 1 N–H and O–H groups in total. The van der Waals surface area contributed by atoms with E-state index in [0.717, 1.165) is 11.3 Å². The van der Waals surface area contributed by atoms with E-state index in [1.54, 1.807) is 17.9 Å². The Morgan fingerprint density at radius 1 is 1.28 bits per heavy atom. The topological polar surface area (TPSA) is 59.3 Å². The quantitative estimate of drug-likeness (QED) is 0.816. The molecule has 0 radical (unpaired) electrons. The molecule has 1 amide bonds. The fourth-order valence-corrected chi connectivity index (χ4v) is 1.95. The van der Waals surface area contributed by atoms with Crippen molar-refractivity contribution < 1.29 is 4.79 Å². The van der Waals surface area contributed by atoms with Gasteiger partial charge in [-0.05, 0) is 5.56 Å². The maximum absolute atomic E-state index is 11.9. The van der Waals surface area contributed by atoms with Gasteiger partial charge in [-0.1, -0.05) is 30.3 Å². The van der Waals surface area contributed by atoms with Crippen molar-refractivity contribution in [2.75, 3.05) is 6.54 Å². The minimum Gasteiger partial charge on any atom is -0.346 e. The van der Waals surface area contributed by atoms with Crippen LogP contribution in [0.1, 0.15) is 15.9 Å². The van der Waals surface area contributed by atoms with E-state index in [1.165, 1.54) is 0 Å². The van der Waals surface area contributed by atoms with Crippen LogP contribution in [0.15, 0.2) is 41.5 Å². The molecule has 1 aliphatic heterocycles. The molecule has 3 rings (SSSR count). The van der Waals surface area contributed by atoms with Crippen molar-refractivity contribution in [3.05, 3.63) is 47.7 Å². The molecule has 0 aliphatic carbocycles. The second-order valence-electron chi connectivity index (χ2n) is 4.11. The number of carbonyl (C=O) groups is 1. The number of aromatic nitrogens is 2. The SMILES string of the molecule is Cn1ncc2c1N=C(c1ccccc1)CNC2=O. The van der Waals surface area contributed by atoms with E-state index >= 15 is 0 Å². The average Bonchev–Trinajstić information content (AvgIpc) is 2.67. The first-order chi connectivity index (χ1) is 8.75. The molecule has 0 saturated heterocycles. The lowest BCUT2D eigenvalue weighted by Gasteiger charge is -2.04. The van der Waals surface area contributed by atoms with Crippen molar-refractivity contribution in [3.63, 3.8) is 0 Å². The van der Waals surface area contributed by atoms with Gasteiger partial charge in [0.15, 0.2) is 5.82 Å². The first kappa shape index (κ1) is 10.7. The van der Waals surface area contributed by atoms with Crippen LogP contribution in [0.2, 0.25) is 0 Å². The predicted octanol–water partition coefficient (Wildman–Crippen LogP) is 1.28. The molecule has 2 heterocycles. The summed E-state index contributed by atoms with van der Waals surface area (Å²) < 4.78 is 1.61. The normalized spacial score (nSPS) is 14.5. The third-order valence-electron chi connectivity index (χ3n) is 2.92. The van der Waals surface area contributed by atoms with Crippen LogP contribution in [0.25, 0.3) is 0 Å². The van der Waals surface area contributed by atoms with Gasteiger partial charge in [0.1, 0.15) is 5.56 Å². The van der Waals surface area contributed by atoms with Gasteiger partial charge in [0.05, 0.1) is 18.5 Å². The van der Waals surface area contributed by atoms with Gasteiger partial charge in [-0.2, -0.15) is 5.10 Å². The van der Waals surface area contributed by atoms with Crippen LogP contribution in [0.3, 0.4) is 0 Å². The molecule has 0 saturated carbocycles. The van der Waals surface area contributed by atoms with Gasteiger partial charge in [-0.15, -0.1) is 0 Å². The van der Waals surface area contributed by atoms with Gasteiger partial charge in [0.2, 0.25) is 0 Å². The third-order valence-corrected chi connectivity index (χ3v) is 2.92. The summed E-state index contributed by atoms with van der Waals surface area (Å²) in [5.74, 6) is 0.469. The Hall–Kier alpha value is -2.43. The van der Waals surface area contributed by atoms with Crippen molar-refractivity contribution in [2.45, 2.75) is 0 Å². The van der Waals surface area contributed by atoms with Crippen molar-refractivity contribution in [1.82, 2.24) is 15.1 Å². The largest absolute Gasteiger partial charge is 0.346 e. The Labute approximate surface area is 104 Å². The Morgan fingerprint density at radius 3 is 2.83 bits per heavy atom. The smallest absolute Gasteiger partial charge is 0.257 e. The Kier molecular flexibility index (Phi) is 2.44. The van der Waals surface area contributed by atoms with Gasteiger partial charge in [-0.3, -0.25) is 9.48 Å². The van der Waals surface area contributed by atoms with Crippen molar-refractivity contribution in [3.8, 4) is 0 Å². The Morgan fingerprint density at radius 2 is 2.06 bits per heavy atom. The molecular formula is C13H12N4O. The van der Waals surface area contributed by atoms with Crippen molar-refractivity contribution in [2.24, 2.45) is 12.0 Å². The summed E-state index contributed by atoms with van der Waals surface area (Å²) in [6.07, 6.45) is 1.54. The summed E-state index contributed by atoms with van der Waals surface area (Å²) in [6.45, 7) is 0.428. The van der Waals surface area contributed by atoms with Crippen LogP contribution >= 0.6 is 0 Å². The monoisotopic (exact) mass is 240 g/mol. The molecule has 90 valence electrons. The van der Waals surface area contributed by atoms with E-state index in [1.807, 2.05) is 30.3 Å². The number of hydrogen-bond acceptors (Lipinski definition) is 3. The van der Waals surface area contributed by atoms with Gasteiger partial charge in [0.25, 0.3) is 5.91 Å². The molecule has 1 aromatic heterocycles. The summed E-state index contributed by atoms with van der Waals surface area (Å²) in [5.41, 5.74) is 2.36. The zero-order valence-electron chi connectivity index (χ0n) is 9.92. The minimum atomic E-state index is -0.132. The number of fused-ring (bicyclic) bond motifs is 1. The molecule has 0 fully saturated rings. The van der Waals surface area contributed by atoms with E-state index in [4.69, 9.17) is 0 Å². The number of aryl methyl sites for hydroxylation is 1. The lowest BCUT2D eigenvalue weighted by Crippen LogP contribution is -2.27. The summed E-state index contributed by atoms with van der Waals surface area (Å²) in [7, 11) is 1.78. The highest BCUT2D eigenvalue weighted by atomic mass is 16.1. The average molecular weight is 240 g/mol. The first-order valence-corrected chi connectivity index (χ1v) is 5.69. The van der Waals surface area contributed by atoms with E-state index in [0.29, 0.717) is 17.9 Å². The molecule has 0 unspecified atom stereocenters. The highest BCUT2D eigenvalue weighted by molar-refractivity contribution is 6.10. The number of hydrogen-bond donors (Lipinski definition) is 1. The van der Waals surface area contributed by atoms with Gasteiger partial charge in [-0.25, -0.2) is 4.99 Å². The second kappa shape index (κ2) is 4.10. The molecule has 5 nitrogen and oxygen atoms in total. The van der Waals surface area contributed by atoms with E-state index in [2.05, 4.69) is 15.4 Å². The van der Waals surface area contributed by atoms with Gasteiger partial charge < -0.3 is 5.32 Å². The van der Waals surface area contributed by atoms with E-state index in [9.17, 15) is 4.79 Å². The number of amides is 1. The van der Waals surface area contributed by atoms with Crippen molar-refractivity contribution >= 4 is 17.4 Å². The van der Waals surface area contributed by atoms with Gasteiger partial charge >= 0.3 is 0 Å². The first-order valence-electron chi connectivity index (χ1n) is 5.69. The van der Waals surface area contributed by atoms with Crippen LogP contribution in [-0.4, -0.2) is 27.9 Å². The lowest BCUT2D eigenvalue weighted by molar-refractivity contribution is 0.0961. The van der Waals surface area contributed by atoms with Crippen LogP contribution in [0, 0.1) is 0 Å². The molecule has 0 atom stereocenters. The number of benzene rings is 1. The predicted molar refractivity (Wildman–Crippen MR) is 68.2 cm³/mol. The Balaban J connectivity index is 2.12. The maximum atomic E-state index is 11.9. The lowest BCUT2D eigenvalue weighted by atomic mass is 10.1. The van der Waals surface area contributed by atoms with Gasteiger partial charge in [0, 0.05) is 7.05 Å². The Bertz CT molecular complexity index is 628. The summed E-state index contributed by atoms with van der Waals surface area (Å²) in [4.78, 5) is 16.4. The standard InChI is InChI=1S/C13H12N4O/c1-17-12-10(7-15-17)13(18)14-8-11(16-12)9-5-3-2-4-6-9/h2-7H,8H2,1H3,(H,14,18). The summed E-state index contributed by atoms with van der Waals surface area (Å²) >= 11 is 0. The number of nitrogens with zero attached hydrogens (tertiary/aromatic N) is 3. The summed E-state index contributed by atoms with van der Waals surface area (Å²) in [5, 5.41) is 6.91. The fourth-order valence-electron chi connectivity index (χ4n) is 1.95. The zero-order chi connectivity index (χ0) is 12.5. The van der Waals surface area contributed by atoms with E-state index < -0.39 is 0 Å². The van der Waals surface area contributed by atoms with Crippen molar-refractivity contribution in [1.29, 1.82) is 0 Å². The molecular weight excluding hydrogens is 228 g/mol. The number of nitrogens with one attached hydrogen (secondary N) is 1. The third kappa shape index (κ3) is 1.69. The maximum Gasteiger partial charge on any atom is 0.257 e. The van der Waals surface area contributed by atoms with Crippen LogP contribution < -0.4 is 5.32 Å². The zero-order valence-corrected chi connectivity index (χ0v) is 9.92. The molecule has 1 aromatic carbocycles. The minimum absolute atomic E-state index is 0.132. The number of rotatable bonds is 1. The number of carbonyl (C=O) groups excluding carboxylic acids is 1. The van der Waals surface area contributed by atoms with Crippen LogP contribution in [-0.2, 0) is 7.05 Å². The summed E-state index contributed by atoms with van der Waals surface area (Å²) in [6, 6.07) is 9.82.